The van der Waals surface area contributed by atoms with Gasteiger partial charge in [0.15, 0.2) is 5.65 Å². The van der Waals surface area contributed by atoms with Crippen molar-refractivity contribution in [1.82, 2.24) is 19.1 Å². The third-order valence-electron chi connectivity index (χ3n) is 3.77. The Kier molecular flexibility index (Phi) is 3.58. The highest BCUT2D eigenvalue weighted by Gasteiger charge is 2.23. The largest absolute Gasteiger partial charge is 0.374 e. The molecule has 2 aromatic rings. The molecule has 0 bridgehead atoms. The van der Waals surface area contributed by atoms with E-state index in [-0.39, 0.29) is 11.8 Å². The molecule has 3 rings (SSSR count). The van der Waals surface area contributed by atoms with Gasteiger partial charge in [0.2, 0.25) is 0 Å². The van der Waals surface area contributed by atoms with Gasteiger partial charge in [-0.15, -0.1) is 5.10 Å². The topological polar surface area (TPSA) is 51.8 Å². The zero-order valence-corrected chi connectivity index (χ0v) is 11.9. The molecule has 0 amide bonds. The summed E-state index contributed by atoms with van der Waals surface area (Å²) in [5.41, 5.74) is 0.569. The van der Waals surface area contributed by atoms with Crippen LogP contribution in [-0.4, -0.2) is 50.9 Å². The molecule has 0 aromatic carbocycles. The molecule has 1 atom stereocenters. The predicted molar refractivity (Wildman–Crippen MR) is 75.9 cm³/mol. The fourth-order valence-electron chi connectivity index (χ4n) is 2.60. The van der Waals surface area contributed by atoms with E-state index in [2.05, 4.69) is 23.8 Å². The quantitative estimate of drug-likeness (QED) is 0.824. The lowest BCUT2D eigenvalue weighted by Crippen LogP contribution is -2.48. The lowest BCUT2D eigenvalue weighted by molar-refractivity contribution is -0.0473. The fraction of sp³-hybridized carbons (Fsp3) is 0.571. The lowest BCUT2D eigenvalue weighted by atomic mass is 10.2. The minimum absolute atomic E-state index is 0.0220. The normalized spacial score (nSPS) is 20.9. The number of ether oxygens (including phenoxy) is 1. The standard InChI is InChI=1S/C14H20N4O2/c1-11(2)16-7-8-20-12(9-16)10-18-14(19)17-6-4-3-5-13(17)15-18/h3-6,11-12H,7-10H2,1-2H3. The molecule has 20 heavy (non-hydrogen) atoms. The van der Waals surface area contributed by atoms with Gasteiger partial charge in [-0.25, -0.2) is 9.48 Å². The van der Waals surface area contributed by atoms with Gasteiger partial charge < -0.3 is 4.74 Å². The van der Waals surface area contributed by atoms with Crippen LogP contribution in [0.4, 0.5) is 0 Å². The van der Waals surface area contributed by atoms with Crippen molar-refractivity contribution in [2.75, 3.05) is 19.7 Å². The minimum atomic E-state index is -0.106. The van der Waals surface area contributed by atoms with Gasteiger partial charge in [-0.05, 0) is 26.0 Å². The summed E-state index contributed by atoms with van der Waals surface area (Å²) in [4.78, 5) is 14.6. The van der Waals surface area contributed by atoms with Gasteiger partial charge in [0.1, 0.15) is 0 Å². The van der Waals surface area contributed by atoms with Crippen molar-refractivity contribution >= 4 is 5.65 Å². The van der Waals surface area contributed by atoms with Crippen molar-refractivity contribution in [3.8, 4) is 0 Å². The van der Waals surface area contributed by atoms with E-state index < -0.39 is 0 Å². The van der Waals surface area contributed by atoms with E-state index in [1.807, 2.05) is 18.2 Å². The molecule has 0 spiro atoms. The number of hydrogen-bond acceptors (Lipinski definition) is 4. The van der Waals surface area contributed by atoms with Gasteiger partial charge in [-0.3, -0.25) is 9.30 Å². The highest BCUT2D eigenvalue weighted by molar-refractivity contribution is 5.35. The lowest BCUT2D eigenvalue weighted by Gasteiger charge is -2.35. The molecule has 3 heterocycles. The first-order chi connectivity index (χ1) is 9.65. The van der Waals surface area contributed by atoms with E-state index in [1.54, 1.807) is 10.6 Å². The second-order valence-electron chi connectivity index (χ2n) is 5.48. The SMILES string of the molecule is CC(C)N1CCOC(Cn2nc3ccccn3c2=O)C1. The Morgan fingerprint density at radius 1 is 1.45 bits per heavy atom. The number of aromatic nitrogens is 3. The third-order valence-corrected chi connectivity index (χ3v) is 3.77. The zero-order valence-electron chi connectivity index (χ0n) is 11.9. The van der Waals surface area contributed by atoms with Crippen molar-refractivity contribution in [1.29, 1.82) is 0 Å². The molecule has 6 heteroatoms. The van der Waals surface area contributed by atoms with Crippen LogP contribution in [0.2, 0.25) is 0 Å². The average molecular weight is 276 g/mol. The summed E-state index contributed by atoms with van der Waals surface area (Å²) in [5, 5.41) is 4.34. The zero-order chi connectivity index (χ0) is 14.1. The molecule has 1 aliphatic rings. The van der Waals surface area contributed by atoms with E-state index in [9.17, 15) is 4.79 Å². The molecule has 0 N–H and O–H groups in total. The maximum atomic E-state index is 12.2. The Morgan fingerprint density at radius 2 is 2.30 bits per heavy atom. The summed E-state index contributed by atoms with van der Waals surface area (Å²) in [6, 6.07) is 6.04. The van der Waals surface area contributed by atoms with Gasteiger partial charge >= 0.3 is 5.69 Å². The van der Waals surface area contributed by atoms with Crippen LogP contribution < -0.4 is 5.69 Å². The number of hydrogen-bond donors (Lipinski definition) is 0. The predicted octanol–water partition coefficient (Wildman–Crippen LogP) is 0.605. The van der Waals surface area contributed by atoms with Crippen LogP contribution in [0.5, 0.6) is 0 Å². The Morgan fingerprint density at radius 3 is 3.05 bits per heavy atom. The molecule has 6 nitrogen and oxygen atoms in total. The van der Waals surface area contributed by atoms with E-state index >= 15 is 0 Å². The number of pyridine rings is 1. The number of fused-ring (bicyclic) bond motifs is 1. The molecule has 1 aliphatic heterocycles. The molecule has 1 saturated heterocycles. The van der Waals surface area contributed by atoms with Crippen molar-refractivity contribution in [2.45, 2.75) is 32.5 Å². The van der Waals surface area contributed by atoms with Crippen LogP contribution in [0.1, 0.15) is 13.8 Å². The maximum absolute atomic E-state index is 12.2. The Labute approximate surface area is 117 Å². The molecule has 1 unspecified atom stereocenters. The van der Waals surface area contributed by atoms with Crippen molar-refractivity contribution in [2.24, 2.45) is 0 Å². The summed E-state index contributed by atoms with van der Waals surface area (Å²) >= 11 is 0. The van der Waals surface area contributed by atoms with Gasteiger partial charge in [0, 0.05) is 25.3 Å². The number of nitrogens with zero attached hydrogens (tertiary/aromatic N) is 4. The van der Waals surface area contributed by atoms with Crippen molar-refractivity contribution in [3.05, 3.63) is 34.9 Å². The van der Waals surface area contributed by atoms with Crippen LogP contribution in [0.3, 0.4) is 0 Å². The van der Waals surface area contributed by atoms with Crippen LogP contribution >= 0.6 is 0 Å². The summed E-state index contributed by atoms with van der Waals surface area (Å²) < 4.78 is 8.83. The van der Waals surface area contributed by atoms with E-state index in [0.29, 0.717) is 24.8 Å². The van der Waals surface area contributed by atoms with E-state index in [1.165, 1.54) is 4.68 Å². The molecular weight excluding hydrogens is 256 g/mol. The molecule has 108 valence electrons. The number of morpholine rings is 1. The summed E-state index contributed by atoms with van der Waals surface area (Å²) in [6.07, 6.45) is 1.76. The molecule has 0 radical (unpaired) electrons. The van der Waals surface area contributed by atoms with Crippen LogP contribution in [0.25, 0.3) is 5.65 Å². The molecular formula is C14H20N4O2. The van der Waals surface area contributed by atoms with Crippen LogP contribution in [-0.2, 0) is 11.3 Å². The van der Waals surface area contributed by atoms with Crippen LogP contribution in [0.15, 0.2) is 29.2 Å². The Hall–Kier alpha value is -1.66. The van der Waals surface area contributed by atoms with Crippen molar-refractivity contribution < 1.29 is 4.74 Å². The first kappa shape index (κ1) is 13.3. The fourth-order valence-corrected chi connectivity index (χ4v) is 2.60. The number of rotatable bonds is 3. The summed E-state index contributed by atoms with van der Waals surface area (Å²) in [7, 11) is 0. The van der Waals surface area contributed by atoms with Gasteiger partial charge in [0.05, 0.1) is 19.3 Å². The molecule has 0 saturated carbocycles. The Balaban J connectivity index is 1.79. The highest BCUT2D eigenvalue weighted by atomic mass is 16.5. The third kappa shape index (κ3) is 2.48. The molecule has 2 aromatic heterocycles. The second kappa shape index (κ2) is 5.38. The van der Waals surface area contributed by atoms with Gasteiger partial charge in [-0.2, -0.15) is 0 Å². The second-order valence-corrected chi connectivity index (χ2v) is 5.48. The van der Waals surface area contributed by atoms with Gasteiger partial charge in [0.25, 0.3) is 0 Å². The van der Waals surface area contributed by atoms with Gasteiger partial charge in [-0.1, -0.05) is 6.07 Å². The van der Waals surface area contributed by atoms with Crippen molar-refractivity contribution in [3.63, 3.8) is 0 Å². The van der Waals surface area contributed by atoms with Crippen LogP contribution in [0, 0.1) is 0 Å². The molecule has 1 fully saturated rings. The first-order valence-electron chi connectivity index (χ1n) is 7.05. The smallest absolute Gasteiger partial charge is 0.350 e. The summed E-state index contributed by atoms with van der Waals surface area (Å²) in [5.74, 6) is 0. The van der Waals surface area contributed by atoms with E-state index in [0.717, 1.165) is 13.1 Å². The highest BCUT2D eigenvalue weighted by Crippen LogP contribution is 2.10. The maximum Gasteiger partial charge on any atom is 0.350 e. The average Bonchev–Trinajstić information content (AvgIpc) is 2.76. The molecule has 0 aliphatic carbocycles. The Bertz CT molecular complexity index is 646. The minimum Gasteiger partial charge on any atom is -0.374 e. The first-order valence-corrected chi connectivity index (χ1v) is 7.05. The monoisotopic (exact) mass is 276 g/mol. The summed E-state index contributed by atoms with van der Waals surface area (Å²) in [6.45, 7) is 7.37. The van der Waals surface area contributed by atoms with E-state index in [4.69, 9.17) is 4.74 Å².